The number of hydrogen-bond donors (Lipinski definition) is 1. The number of nitrogens with one attached hydrogen (secondary N) is 1. The largest absolute Gasteiger partial charge is 0.335 e. The van der Waals surface area contributed by atoms with Crippen LogP contribution in [-0.2, 0) is 13.1 Å². The Balaban J connectivity index is 0.00000156. The summed E-state index contributed by atoms with van der Waals surface area (Å²) in [6.45, 7) is 9.82. The van der Waals surface area contributed by atoms with Crippen molar-refractivity contribution in [2.75, 3.05) is 6.54 Å². The van der Waals surface area contributed by atoms with Gasteiger partial charge >= 0.3 is 0 Å². The van der Waals surface area contributed by atoms with Crippen LogP contribution in [0.5, 0.6) is 0 Å². The van der Waals surface area contributed by atoms with E-state index in [1.54, 1.807) is 0 Å². The minimum Gasteiger partial charge on any atom is -0.335 e. The molecule has 4 heteroatoms. The molecule has 4 rings (SSSR count). The number of halogens is 1. The number of likely N-dealkylation sites (tertiary alicyclic amines) is 1. The summed E-state index contributed by atoms with van der Waals surface area (Å²) in [5.41, 5.74) is 4.16. The highest BCUT2D eigenvalue weighted by Crippen LogP contribution is 2.52. The minimum absolute atomic E-state index is 0. The van der Waals surface area contributed by atoms with Gasteiger partial charge in [-0.25, -0.2) is 0 Å². The number of carbonyl (C=O) groups is 1. The Bertz CT molecular complexity index is 642. The normalized spacial score (nSPS) is 30.7. The van der Waals surface area contributed by atoms with Crippen LogP contribution in [0.15, 0.2) is 18.2 Å². The van der Waals surface area contributed by atoms with Gasteiger partial charge < -0.3 is 10.2 Å². The molecule has 1 N–H and O–H groups in total. The van der Waals surface area contributed by atoms with E-state index in [0.29, 0.717) is 16.9 Å². The summed E-state index contributed by atoms with van der Waals surface area (Å²) in [5, 5.41) is 3.35. The number of rotatable bonds is 1. The zero-order chi connectivity index (χ0) is 15.5. The highest BCUT2D eigenvalue weighted by atomic mass is 35.5. The van der Waals surface area contributed by atoms with Crippen molar-refractivity contribution in [1.29, 1.82) is 0 Å². The molecule has 2 aliphatic heterocycles. The fourth-order valence-electron chi connectivity index (χ4n) is 5.29. The van der Waals surface area contributed by atoms with E-state index in [9.17, 15) is 4.79 Å². The van der Waals surface area contributed by atoms with Crippen LogP contribution in [0, 0.1) is 10.8 Å². The lowest BCUT2D eigenvalue weighted by molar-refractivity contribution is 0.0708. The maximum atomic E-state index is 13.0. The van der Waals surface area contributed by atoms with Gasteiger partial charge in [0.2, 0.25) is 0 Å². The van der Waals surface area contributed by atoms with Crippen LogP contribution in [0.4, 0.5) is 0 Å². The van der Waals surface area contributed by atoms with Crippen LogP contribution in [0.2, 0.25) is 0 Å². The Morgan fingerprint density at radius 1 is 1.17 bits per heavy atom. The van der Waals surface area contributed by atoms with Crippen LogP contribution in [0.25, 0.3) is 0 Å². The molecule has 1 aromatic carbocycles. The fourth-order valence-corrected chi connectivity index (χ4v) is 5.29. The van der Waals surface area contributed by atoms with E-state index in [4.69, 9.17) is 0 Å². The van der Waals surface area contributed by atoms with Gasteiger partial charge in [-0.05, 0) is 53.4 Å². The first-order valence-electron chi connectivity index (χ1n) is 8.49. The number of carbonyl (C=O) groups excluding carboxylic acids is 1. The van der Waals surface area contributed by atoms with Crippen molar-refractivity contribution >= 4 is 18.3 Å². The molecule has 0 aromatic heterocycles. The molecule has 1 aliphatic carbocycles. The number of fused-ring (bicyclic) bond motifs is 3. The second kappa shape index (κ2) is 5.49. The molecule has 23 heavy (non-hydrogen) atoms. The number of benzene rings is 1. The van der Waals surface area contributed by atoms with E-state index in [2.05, 4.69) is 43.1 Å². The van der Waals surface area contributed by atoms with Crippen molar-refractivity contribution in [3.05, 3.63) is 34.9 Å². The number of nitrogens with zero attached hydrogens (tertiary/aromatic N) is 1. The number of amides is 1. The van der Waals surface area contributed by atoms with Crippen molar-refractivity contribution in [2.24, 2.45) is 10.8 Å². The van der Waals surface area contributed by atoms with E-state index in [0.717, 1.165) is 31.6 Å². The highest BCUT2D eigenvalue weighted by Gasteiger charge is 2.51. The summed E-state index contributed by atoms with van der Waals surface area (Å²) in [4.78, 5) is 15.2. The maximum Gasteiger partial charge on any atom is 0.254 e. The summed E-state index contributed by atoms with van der Waals surface area (Å²) < 4.78 is 0. The SMILES string of the molecule is CC1(C)CC2CC(C)(CN2C(=O)c2ccc3c(c2)CNC3)C1.Cl. The lowest BCUT2D eigenvalue weighted by atomic mass is 9.65. The summed E-state index contributed by atoms with van der Waals surface area (Å²) in [7, 11) is 0. The third-order valence-corrected chi connectivity index (χ3v) is 5.76. The Kier molecular flexibility index (Phi) is 4.01. The predicted molar refractivity (Wildman–Crippen MR) is 94.8 cm³/mol. The lowest BCUT2D eigenvalue weighted by Gasteiger charge is -2.39. The van der Waals surface area contributed by atoms with Gasteiger partial charge in [0.15, 0.2) is 0 Å². The molecule has 2 heterocycles. The van der Waals surface area contributed by atoms with E-state index in [1.165, 1.54) is 24.0 Å². The average Bonchev–Trinajstić information content (AvgIpc) is 2.97. The molecular weight excluding hydrogens is 308 g/mol. The molecule has 0 spiro atoms. The van der Waals surface area contributed by atoms with E-state index >= 15 is 0 Å². The third-order valence-electron chi connectivity index (χ3n) is 5.76. The molecule has 2 fully saturated rings. The summed E-state index contributed by atoms with van der Waals surface area (Å²) >= 11 is 0. The molecule has 126 valence electrons. The molecule has 1 aromatic rings. The smallest absolute Gasteiger partial charge is 0.254 e. The van der Waals surface area contributed by atoms with Crippen molar-refractivity contribution in [3.8, 4) is 0 Å². The Hall–Kier alpha value is -1.06. The lowest BCUT2D eigenvalue weighted by Crippen LogP contribution is -2.37. The van der Waals surface area contributed by atoms with Crippen LogP contribution in [-0.4, -0.2) is 23.4 Å². The van der Waals surface area contributed by atoms with Crippen LogP contribution in [0.1, 0.15) is 61.5 Å². The molecule has 3 aliphatic rings. The van der Waals surface area contributed by atoms with Crippen LogP contribution in [0.3, 0.4) is 0 Å². The van der Waals surface area contributed by atoms with Gasteiger partial charge in [-0.3, -0.25) is 4.79 Å². The van der Waals surface area contributed by atoms with Gasteiger partial charge in [0.25, 0.3) is 5.91 Å². The Morgan fingerprint density at radius 2 is 1.91 bits per heavy atom. The molecule has 1 amide bonds. The van der Waals surface area contributed by atoms with Crippen molar-refractivity contribution < 1.29 is 4.79 Å². The van der Waals surface area contributed by atoms with Gasteiger partial charge in [-0.2, -0.15) is 0 Å². The quantitative estimate of drug-likeness (QED) is 0.848. The minimum atomic E-state index is 0. The monoisotopic (exact) mass is 334 g/mol. The molecule has 3 nitrogen and oxygen atoms in total. The van der Waals surface area contributed by atoms with Gasteiger partial charge in [0.1, 0.15) is 0 Å². The molecule has 2 atom stereocenters. The Labute approximate surface area is 145 Å². The topological polar surface area (TPSA) is 32.3 Å². The van der Waals surface area contributed by atoms with Gasteiger partial charge in [-0.15, -0.1) is 12.4 Å². The maximum absolute atomic E-state index is 13.0. The molecule has 2 bridgehead atoms. The standard InChI is InChI=1S/C19H26N2O.ClH/c1-18(2)7-16-8-19(3,11-18)12-21(16)17(22)13-4-5-14-9-20-10-15(14)6-13;/h4-6,16,20H,7-12H2,1-3H3;1H. The zero-order valence-electron chi connectivity index (χ0n) is 14.3. The first-order chi connectivity index (χ1) is 10.4. The summed E-state index contributed by atoms with van der Waals surface area (Å²) in [6, 6.07) is 6.67. The number of hydrogen-bond acceptors (Lipinski definition) is 2. The van der Waals surface area contributed by atoms with Crippen molar-refractivity contribution in [2.45, 2.75) is 59.2 Å². The van der Waals surface area contributed by atoms with Crippen LogP contribution >= 0.6 is 12.4 Å². The van der Waals surface area contributed by atoms with Crippen LogP contribution < -0.4 is 5.32 Å². The average molecular weight is 335 g/mol. The van der Waals surface area contributed by atoms with E-state index in [1.807, 2.05) is 6.07 Å². The first kappa shape index (κ1) is 16.8. The zero-order valence-corrected chi connectivity index (χ0v) is 15.1. The van der Waals surface area contributed by atoms with Crippen molar-refractivity contribution in [3.63, 3.8) is 0 Å². The van der Waals surface area contributed by atoms with E-state index in [-0.39, 0.29) is 18.3 Å². The molecular formula is C19H27ClN2O. The van der Waals surface area contributed by atoms with Crippen molar-refractivity contribution in [1.82, 2.24) is 10.2 Å². The van der Waals surface area contributed by atoms with Gasteiger partial charge in [-0.1, -0.05) is 26.8 Å². The highest BCUT2D eigenvalue weighted by molar-refractivity contribution is 5.95. The fraction of sp³-hybridized carbons (Fsp3) is 0.632. The summed E-state index contributed by atoms with van der Waals surface area (Å²) in [6.07, 6.45) is 3.55. The second-order valence-corrected chi connectivity index (χ2v) is 8.73. The molecule has 1 saturated heterocycles. The second-order valence-electron chi connectivity index (χ2n) is 8.73. The molecule has 2 unspecified atom stereocenters. The van der Waals surface area contributed by atoms with Gasteiger partial charge in [0.05, 0.1) is 0 Å². The Morgan fingerprint density at radius 3 is 2.70 bits per heavy atom. The molecule has 0 radical (unpaired) electrons. The molecule has 1 saturated carbocycles. The van der Waals surface area contributed by atoms with Gasteiger partial charge in [0, 0.05) is 31.2 Å². The first-order valence-corrected chi connectivity index (χ1v) is 8.49. The predicted octanol–water partition coefficient (Wildman–Crippen LogP) is 3.75. The third kappa shape index (κ3) is 2.89. The summed E-state index contributed by atoms with van der Waals surface area (Å²) in [5.74, 6) is 0.237. The van der Waals surface area contributed by atoms with E-state index < -0.39 is 0 Å².